The van der Waals surface area contributed by atoms with Crippen LogP contribution in [0.2, 0.25) is 0 Å². The average molecular weight is 253 g/mol. The maximum atomic E-state index is 11.9. The smallest absolute Gasteiger partial charge is 0.235 e. The lowest BCUT2D eigenvalue weighted by atomic mass is 9.98. The number of hydrogen-bond acceptors (Lipinski definition) is 4. The Hall–Kier alpha value is -1.12. The molecule has 1 rings (SSSR count). The molecule has 0 saturated heterocycles. The second-order valence-electron chi connectivity index (χ2n) is 5.96. The predicted molar refractivity (Wildman–Crippen MR) is 68.7 cm³/mol. The van der Waals surface area contributed by atoms with Gasteiger partial charge in [-0.2, -0.15) is 5.26 Å². The fourth-order valence-electron chi connectivity index (χ4n) is 1.76. The van der Waals surface area contributed by atoms with Crippen molar-refractivity contribution in [3.8, 4) is 6.07 Å². The van der Waals surface area contributed by atoms with Gasteiger partial charge in [0.15, 0.2) is 0 Å². The Labute approximate surface area is 109 Å². The van der Waals surface area contributed by atoms with Crippen LogP contribution in [0.25, 0.3) is 0 Å². The van der Waals surface area contributed by atoms with Gasteiger partial charge in [-0.15, -0.1) is 0 Å². The minimum Gasteiger partial charge on any atom is -0.394 e. The van der Waals surface area contributed by atoms with E-state index in [2.05, 4.69) is 11.4 Å². The van der Waals surface area contributed by atoms with Crippen molar-refractivity contribution in [2.24, 2.45) is 5.92 Å². The monoisotopic (exact) mass is 253 g/mol. The first-order valence-electron chi connectivity index (χ1n) is 6.29. The van der Waals surface area contributed by atoms with Gasteiger partial charge in [0.05, 0.1) is 19.2 Å². The van der Waals surface area contributed by atoms with Gasteiger partial charge in [0, 0.05) is 5.54 Å². The molecule has 0 heterocycles. The van der Waals surface area contributed by atoms with Crippen molar-refractivity contribution in [2.75, 3.05) is 20.2 Å². The second kappa shape index (κ2) is 5.25. The molecule has 5 nitrogen and oxygen atoms in total. The topological polar surface area (TPSA) is 76.4 Å². The highest BCUT2D eigenvalue weighted by atomic mass is 16.3. The molecule has 1 atom stereocenters. The lowest BCUT2D eigenvalue weighted by molar-refractivity contribution is -0.124. The number of nitriles is 1. The zero-order valence-corrected chi connectivity index (χ0v) is 11.7. The number of nitrogens with one attached hydrogen (secondary N) is 1. The Kier molecular flexibility index (Phi) is 4.36. The number of carbonyl (C=O) groups excluding carboxylic acids is 1. The molecular formula is C13H23N3O2. The molecule has 5 heteroatoms. The third kappa shape index (κ3) is 3.44. The summed E-state index contributed by atoms with van der Waals surface area (Å²) in [5, 5.41) is 21.2. The molecule has 0 aromatic heterocycles. The largest absolute Gasteiger partial charge is 0.394 e. The molecule has 0 aliphatic heterocycles. The molecule has 1 aliphatic rings. The van der Waals surface area contributed by atoms with Gasteiger partial charge in [-0.05, 0) is 46.6 Å². The van der Waals surface area contributed by atoms with Gasteiger partial charge in [-0.3, -0.25) is 9.69 Å². The van der Waals surface area contributed by atoms with Crippen molar-refractivity contribution in [3.05, 3.63) is 0 Å². The van der Waals surface area contributed by atoms with E-state index in [1.807, 2.05) is 13.8 Å². The molecule has 0 aromatic rings. The highest BCUT2D eigenvalue weighted by Gasteiger charge is 2.43. The molecule has 102 valence electrons. The lowest BCUT2D eigenvalue weighted by Crippen LogP contribution is -2.53. The van der Waals surface area contributed by atoms with Gasteiger partial charge in [-0.25, -0.2) is 0 Å². The van der Waals surface area contributed by atoms with E-state index in [1.165, 1.54) is 0 Å². The molecule has 1 fully saturated rings. The number of aliphatic hydroxyl groups excluding tert-OH is 1. The molecule has 1 saturated carbocycles. The summed E-state index contributed by atoms with van der Waals surface area (Å²) in [5.41, 5.74) is -1.19. The van der Waals surface area contributed by atoms with E-state index in [9.17, 15) is 9.90 Å². The van der Waals surface area contributed by atoms with Crippen LogP contribution in [-0.4, -0.2) is 47.2 Å². The third-order valence-electron chi connectivity index (χ3n) is 3.83. The van der Waals surface area contributed by atoms with Crippen LogP contribution in [0.1, 0.15) is 33.6 Å². The van der Waals surface area contributed by atoms with Crippen LogP contribution >= 0.6 is 0 Å². The van der Waals surface area contributed by atoms with Crippen LogP contribution < -0.4 is 5.32 Å². The maximum Gasteiger partial charge on any atom is 0.235 e. The summed E-state index contributed by atoms with van der Waals surface area (Å²) >= 11 is 0. The third-order valence-corrected chi connectivity index (χ3v) is 3.83. The van der Waals surface area contributed by atoms with Gasteiger partial charge in [-0.1, -0.05) is 0 Å². The van der Waals surface area contributed by atoms with Gasteiger partial charge in [0.1, 0.15) is 5.54 Å². The van der Waals surface area contributed by atoms with Crippen molar-refractivity contribution in [2.45, 2.75) is 44.7 Å². The summed E-state index contributed by atoms with van der Waals surface area (Å²) in [6.45, 7) is 5.67. The van der Waals surface area contributed by atoms with Crippen molar-refractivity contribution in [1.29, 1.82) is 5.26 Å². The SMILES string of the molecule is CN(CC(=O)NC(C)(C#N)C1CC1)C(C)(C)CO. The van der Waals surface area contributed by atoms with Crippen molar-refractivity contribution < 1.29 is 9.90 Å². The quantitative estimate of drug-likeness (QED) is 0.722. The molecule has 0 aromatic carbocycles. The highest BCUT2D eigenvalue weighted by molar-refractivity contribution is 5.79. The number of likely N-dealkylation sites (N-methyl/N-ethyl adjacent to an activating group) is 1. The fraction of sp³-hybridized carbons (Fsp3) is 0.846. The summed E-state index contributed by atoms with van der Waals surface area (Å²) in [7, 11) is 1.79. The predicted octanol–water partition coefficient (Wildman–Crippen LogP) is 0.498. The second-order valence-corrected chi connectivity index (χ2v) is 5.96. The minimum atomic E-state index is -0.749. The normalized spacial score (nSPS) is 19.2. The number of rotatable bonds is 6. The molecule has 1 unspecified atom stereocenters. The van der Waals surface area contributed by atoms with Crippen LogP contribution in [-0.2, 0) is 4.79 Å². The summed E-state index contributed by atoms with van der Waals surface area (Å²) in [6.07, 6.45) is 2.00. The molecule has 0 bridgehead atoms. The Balaban J connectivity index is 2.54. The van der Waals surface area contributed by atoms with Crippen molar-refractivity contribution in [1.82, 2.24) is 10.2 Å². The Bertz CT molecular complexity index is 358. The zero-order valence-electron chi connectivity index (χ0n) is 11.7. The van der Waals surface area contributed by atoms with Crippen molar-refractivity contribution >= 4 is 5.91 Å². The standard InChI is InChI=1S/C13H23N3O2/c1-12(2,9-17)16(4)7-11(18)15-13(3,8-14)10-5-6-10/h10,17H,5-7,9H2,1-4H3,(H,15,18). The van der Waals surface area contributed by atoms with Crippen LogP contribution in [0.4, 0.5) is 0 Å². The van der Waals surface area contributed by atoms with Gasteiger partial charge < -0.3 is 10.4 Å². The Morgan fingerprint density at radius 2 is 2.06 bits per heavy atom. The highest BCUT2D eigenvalue weighted by Crippen LogP contribution is 2.39. The van der Waals surface area contributed by atoms with E-state index in [1.54, 1.807) is 18.9 Å². The first-order chi connectivity index (χ1) is 8.25. The summed E-state index contributed by atoms with van der Waals surface area (Å²) in [5.74, 6) is 0.109. The van der Waals surface area contributed by atoms with Crippen molar-refractivity contribution in [3.63, 3.8) is 0 Å². The molecule has 0 spiro atoms. The summed E-state index contributed by atoms with van der Waals surface area (Å²) in [6, 6.07) is 2.20. The van der Waals surface area contributed by atoms with E-state index in [4.69, 9.17) is 5.26 Å². The van der Waals surface area contributed by atoms with E-state index in [0.29, 0.717) is 0 Å². The Morgan fingerprint density at radius 1 is 1.50 bits per heavy atom. The van der Waals surface area contributed by atoms with Crippen LogP contribution in [0, 0.1) is 17.2 Å². The van der Waals surface area contributed by atoms with E-state index < -0.39 is 11.1 Å². The van der Waals surface area contributed by atoms with E-state index >= 15 is 0 Å². The van der Waals surface area contributed by atoms with E-state index in [0.717, 1.165) is 12.8 Å². The molecule has 1 aliphatic carbocycles. The first-order valence-corrected chi connectivity index (χ1v) is 6.29. The molecular weight excluding hydrogens is 230 g/mol. The first kappa shape index (κ1) is 14.9. The van der Waals surface area contributed by atoms with Crippen LogP contribution in [0.3, 0.4) is 0 Å². The minimum absolute atomic E-state index is 0.0189. The number of nitrogens with zero attached hydrogens (tertiary/aromatic N) is 2. The average Bonchev–Trinajstić information content (AvgIpc) is 3.12. The van der Waals surface area contributed by atoms with Gasteiger partial charge >= 0.3 is 0 Å². The fourth-order valence-corrected chi connectivity index (χ4v) is 1.76. The molecule has 2 N–H and O–H groups in total. The lowest BCUT2D eigenvalue weighted by Gasteiger charge is -2.34. The number of aliphatic hydroxyl groups is 1. The van der Waals surface area contributed by atoms with Gasteiger partial charge in [0.2, 0.25) is 5.91 Å². The number of carbonyl (C=O) groups is 1. The zero-order chi connectivity index (χ0) is 14.0. The number of amides is 1. The maximum absolute atomic E-state index is 11.9. The number of hydrogen-bond donors (Lipinski definition) is 2. The van der Waals surface area contributed by atoms with Crippen LogP contribution in [0.15, 0.2) is 0 Å². The molecule has 18 heavy (non-hydrogen) atoms. The molecule has 0 radical (unpaired) electrons. The Morgan fingerprint density at radius 3 is 2.44 bits per heavy atom. The van der Waals surface area contributed by atoms with Gasteiger partial charge in [0.25, 0.3) is 0 Å². The summed E-state index contributed by atoms with van der Waals surface area (Å²) < 4.78 is 0. The summed E-state index contributed by atoms with van der Waals surface area (Å²) in [4.78, 5) is 13.7. The molecule has 1 amide bonds. The van der Waals surface area contributed by atoms with Crippen LogP contribution in [0.5, 0.6) is 0 Å². The van der Waals surface area contributed by atoms with E-state index in [-0.39, 0.29) is 25.0 Å².